The highest BCUT2D eigenvalue weighted by atomic mass is 16.3. The van der Waals surface area contributed by atoms with Gasteiger partial charge in [-0.3, -0.25) is 29.4 Å². The molecule has 2 heterocycles. The first-order valence-electron chi connectivity index (χ1n) is 9.54. The molecular weight excluding hydrogens is 362 g/mol. The van der Waals surface area contributed by atoms with Crippen LogP contribution in [0.2, 0.25) is 0 Å². The predicted octanol–water partition coefficient (Wildman–Crippen LogP) is 0.689. The third-order valence-electron chi connectivity index (χ3n) is 4.85. The monoisotopic (exact) mass is 389 g/mol. The van der Waals surface area contributed by atoms with Crippen LogP contribution in [-0.2, 0) is 19.2 Å². The van der Waals surface area contributed by atoms with Gasteiger partial charge in [-0.25, -0.2) is 0 Å². The van der Waals surface area contributed by atoms with E-state index >= 15 is 0 Å². The van der Waals surface area contributed by atoms with Gasteiger partial charge in [-0.1, -0.05) is 38.5 Å². The molecule has 1 saturated heterocycles. The molecule has 0 saturated carbocycles. The first-order valence-corrected chi connectivity index (χ1v) is 9.54. The Morgan fingerprint density at radius 3 is 2.46 bits per heavy atom. The van der Waals surface area contributed by atoms with Crippen molar-refractivity contribution in [2.24, 2.45) is 0 Å². The molecule has 0 spiro atoms. The summed E-state index contributed by atoms with van der Waals surface area (Å²) in [6.07, 6.45) is 6.08. The lowest BCUT2D eigenvalue weighted by Crippen LogP contribution is -2.54. The smallest absolute Gasteiger partial charge is 0.264 e. The minimum Gasteiger partial charge on any atom is -0.396 e. The zero-order valence-corrected chi connectivity index (χ0v) is 16.0. The Kier molecular flexibility index (Phi) is 7.69. The van der Waals surface area contributed by atoms with E-state index in [2.05, 4.69) is 23.8 Å². The van der Waals surface area contributed by atoms with Crippen molar-refractivity contribution in [3.05, 3.63) is 36.1 Å². The zero-order chi connectivity index (χ0) is 20.7. The summed E-state index contributed by atoms with van der Waals surface area (Å²) < 4.78 is 0. The van der Waals surface area contributed by atoms with E-state index in [4.69, 9.17) is 5.11 Å². The third-order valence-corrected chi connectivity index (χ3v) is 4.85. The van der Waals surface area contributed by atoms with Gasteiger partial charge in [0.1, 0.15) is 6.04 Å². The number of piperidine rings is 1. The normalized spacial score (nSPS) is 19.9. The molecule has 0 radical (unpaired) electrons. The van der Waals surface area contributed by atoms with Gasteiger partial charge in [0, 0.05) is 25.3 Å². The van der Waals surface area contributed by atoms with Crippen molar-refractivity contribution in [3.63, 3.8) is 0 Å². The molecule has 0 aromatic heterocycles. The largest absolute Gasteiger partial charge is 0.396 e. The van der Waals surface area contributed by atoms with Crippen LogP contribution in [0.3, 0.4) is 0 Å². The average molecular weight is 389 g/mol. The Morgan fingerprint density at radius 1 is 1.14 bits per heavy atom. The van der Waals surface area contributed by atoms with Gasteiger partial charge in [0.05, 0.1) is 11.1 Å². The lowest BCUT2D eigenvalue weighted by molar-refractivity contribution is -0.149. The number of hydrogen-bond donors (Lipinski definition) is 3. The lowest BCUT2D eigenvalue weighted by atomic mass is 10.0. The van der Waals surface area contributed by atoms with Crippen molar-refractivity contribution in [2.45, 2.75) is 51.0 Å². The van der Waals surface area contributed by atoms with Crippen molar-refractivity contribution < 1.29 is 24.3 Å². The molecule has 0 aromatic carbocycles. The minimum absolute atomic E-state index is 0.0711. The number of amides is 4. The van der Waals surface area contributed by atoms with Crippen molar-refractivity contribution in [1.82, 2.24) is 15.5 Å². The van der Waals surface area contributed by atoms with E-state index in [9.17, 15) is 19.2 Å². The summed E-state index contributed by atoms with van der Waals surface area (Å²) in [6, 6.07) is -1.01. The number of unbranched alkanes of at least 4 members (excludes halogenated alkanes) is 4. The Hall–Kier alpha value is -2.74. The molecule has 0 bridgehead atoms. The summed E-state index contributed by atoms with van der Waals surface area (Å²) in [4.78, 5) is 49.9. The molecule has 2 aliphatic heterocycles. The maximum absolute atomic E-state index is 12.9. The first-order chi connectivity index (χ1) is 13.4. The highest BCUT2D eigenvalue weighted by molar-refractivity contribution is 6.24. The third kappa shape index (κ3) is 4.75. The molecule has 1 fully saturated rings. The number of aliphatic hydroxyl groups is 1. The number of nitrogens with one attached hydrogen (secondary N) is 2. The van der Waals surface area contributed by atoms with Crippen LogP contribution >= 0.6 is 0 Å². The summed E-state index contributed by atoms with van der Waals surface area (Å²) in [5.74, 6) is -2.27. The fraction of sp³-hybridized carbons (Fsp3) is 0.500. The molecule has 2 aliphatic rings. The molecule has 3 N–H and O–H groups in total. The van der Waals surface area contributed by atoms with E-state index in [1.54, 1.807) is 0 Å². The Labute approximate surface area is 164 Å². The van der Waals surface area contributed by atoms with Crippen LogP contribution in [0.25, 0.3) is 0 Å². The summed E-state index contributed by atoms with van der Waals surface area (Å²) in [7, 11) is 0. The van der Waals surface area contributed by atoms with Crippen molar-refractivity contribution in [1.29, 1.82) is 0 Å². The van der Waals surface area contributed by atoms with Crippen LogP contribution in [0.4, 0.5) is 0 Å². The fourth-order valence-electron chi connectivity index (χ4n) is 3.35. The van der Waals surface area contributed by atoms with Crippen LogP contribution in [0.5, 0.6) is 0 Å². The lowest BCUT2D eigenvalue weighted by Gasteiger charge is -2.28. The number of aliphatic hydroxyl groups excluding tert-OH is 1. The van der Waals surface area contributed by atoms with E-state index in [0.29, 0.717) is 12.2 Å². The standard InChI is InChI=1S/C20H27N3O5/c1-3-14-17(13(2)21-11-7-5-4-6-8-12-24)20(28)23(19(14)27)15-9-10-16(25)22-18(15)26/h3,15,21,24H,1-2,4-12H2,(H,22,25,26). The SMILES string of the molecule is C=CC1=C(C(=C)NCCCCCCCO)C(=O)N(C2CCC(=O)NC2=O)C1=O. The number of rotatable bonds is 11. The molecule has 1 atom stereocenters. The summed E-state index contributed by atoms with van der Waals surface area (Å²) >= 11 is 0. The molecule has 4 amide bonds. The zero-order valence-electron chi connectivity index (χ0n) is 16.0. The number of hydrogen-bond acceptors (Lipinski definition) is 6. The second kappa shape index (κ2) is 9.98. The molecular formula is C20H27N3O5. The van der Waals surface area contributed by atoms with E-state index in [1.807, 2.05) is 0 Å². The first kappa shape index (κ1) is 21.6. The van der Waals surface area contributed by atoms with Gasteiger partial charge in [0.15, 0.2) is 0 Å². The maximum Gasteiger partial charge on any atom is 0.264 e. The topological polar surface area (TPSA) is 116 Å². The van der Waals surface area contributed by atoms with Gasteiger partial charge in [0.2, 0.25) is 11.8 Å². The predicted molar refractivity (Wildman–Crippen MR) is 103 cm³/mol. The highest BCUT2D eigenvalue weighted by Gasteiger charge is 2.45. The molecule has 2 rings (SSSR count). The maximum atomic E-state index is 12.9. The van der Waals surface area contributed by atoms with Crippen molar-refractivity contribution >= 4 is 23.6 Å². The molecule has 8 heteroatoms. The van der Waals surface area contributed by atoms with Gasteiger partial charge >= 0.3 is 0 Å². The molecule has 8 nitrogen and oxygen atoms in total. The Balaban J connectivity index is 1.99. The molecule has 0 aromatic rings. The van der Waals surface area contributed by atoms with Crippen molar-refractivity contribution in [3.8, 4) is 0 Å². The van der Waals surface area contributed by atoms with E-state index in [-0.39, 0.29) is 30.6 Å². The van der Waals surface area contributed by atoms with Gasteiger partial charge < -0.3 is 10.4 Å². The average Bonchev–Trinajstić information content (AvgIpc) is 2.91. The van der Waals surface area contributed by atoms with E-state index < -0.39 is 29.7 Å². The van der Waals surface area contributed by atoms with Gasteiger partial charge in [-0.05, 0) is 19.3 Å². The number of imide groups is 2. The minimum atomic E-state index is -1.01. The summed E-state index contributed by atoms with van der Waals surface area (Å²) in [5.41, 5.74) is 0.540. The second-order valence-electron chi connectivity index (χ2n) is 6.84. The van der Waals surface area contributed by atoms with Crippen molar-refractivity contribution in [2.75, 3.05) is 13.2 Å². The number of nitrogens with zero attached hydrogens (tertiary/aromatic N) is 1. The van der Waals surface area contributed by atoms with Crippen LogP contribution in [0.15, 0.2) is 36.1 Å². The summed E-state index contributed by atoms with van der Waals surface area (Å²) in [6.45, 7) is 8.27. The second-order valence-corrected chi connectivity index (χ2v) is 6.84. The fourth-order valence-corrected chi connectivity index (χ4v) is 3.35. The van der Waals surface area contributed by atoms with Crippen LogP contribution in [0.1, 0.15) is 44.9 Å². The molecule has 0 aliphatic carbocycles. The highest BCUT2D eigenvalue weighted by Crippen LogP contribution is 2.29. The van der Waals surface area contributed by atoms with Gasteiger partial charge in [-0.15, -0.1) is 0 Å². The van der Waals surface area contributed by atoms with E-state index in [1.165, 1.54) is 6.08 Å². The molecule has 152 valence electrons. The van der Waals surface area contributed by atoms with Crippen LogP contribution < -0.4 is 10.6 Å². The Bertz CT molecular complexity index is 725. The quantitative estimate of drug-likeness (QED) is 0.354. The molecule has 28 heavy (non-hydrogen) atoms. The van der Waals surface area contributed by atoms with Crippen LogP contribution in [0, 0.1) is 0 Å². The number of carbonyl (C=O) groups is 4. The van der Waals surface area contributed by atoms with Gasteiger partial charge in [-0.2, -0.15) is 0 Å². The van der Waals surface area contributed by atoms with Gasteiger partial charge in [0.25, 0.3) is 11.8 Å². The number of carbonyl (C=O) groups excluding carboxylic acids is 4. The molecule has 1 unspecified atom stereocenters. The van der Waals surface area contributed by atoms with Crippen LogP contribution in [-0.4, -0.2) is 52.8 Å². The summed E-state index contributed by atoms with van der Waals surface area (Å²) in [5, 5.41) is 14.0. The van der Waals surface area contributed by atoms with E-state index in [0.717, 1.165) is 37.0 Å². The Morgan fingerprint density at radius 2 is 1.82 bits per heavy atom.